The lowest BCUT2D eigenvalue weighted by Gasteiger charge is -2.27. The van der Waals surface area contributed by atoms with Crippen molar-refractivity contribution in [1.82, 2.24) is 5.32 Å². The fourth-order valence-corrected chi connectivity index (χ4v) is 5.75. The van der Waals surface area contributed by atoms with E-state index in [1.807, 2.05) is 0 Å². The number of nitrogens with zero attached hydrogens (tertiary/aromatic N) is 1. The maximum atomic E-state index is 13.3. The molecule has 0 aromatic heterocycles. The van der Waals surface area contributed by atoms with Crippen LogP contribution in [0.2, 0.25) is 0 Å². The minimum atomic E-state index is -4.94. The Labute approximate surface area is 203 Å². The number of benzene rings is 2. The van der Waals surface area contributed by atoms with Gasteiger partial charge in [0.05, 0.1) is 28.7 Å². The lowest BCUT2D eigenvalue weighted by molar-refractivity contribution is -0.143. The van der Waals surface area contributed by atoms with E-state index < -0.39 is 50.7 Å². The molecule has 4 rings (SSSR count). The molecule has 0 bridgehead atoms. The van der Waals surface area contributed by atoms with Gasteiger partial charge in [0.1, 0.15) is 0 Å². The second-order valence-corrected chi connectivity index (χ2v) is 11.7. The molecule has 1 saturated heterocycles. The molecule has 5 nitrogen and oxygen atoms in total. The van der Waals surface area contributed by atoms with Gasteiger partial charge in [0.25, 0.3) is 5.91 Å². The zero-order chi connectivity index (χ0) is 26.7. The van der Waals surface area contributed by atoms with E-state index in [1.165, 1.54) is 6.07 Å². The van der Waals surface area contributed by atoms with E-state index in [1.54, 1.807) is 26.0 Å². The van der Waals surface area contributed by atoms with Gasteiger partial charge in [0, 0.05) is 29.7 Å². The van der Waals surface area contributed by atoms with Crippen LogP contribution in [0.1, 0.15) is 51.5 Å². The molecule has 2 aliphatic rings. The van der Waals surface area contributed by atoms with E-state index >= 15 is 0 Å². The molecule has 0 spiro atoms. The number of carbonyl (C=O) groups is 1. The molecule has 1 amide bonds. The summed E-state index contributed by atoms with van der Waals surface area (Å²) in [6, 6.07) is 5.96. The van der Waals surface area contributed by atoms with Crippen LogP contribution < -0.4 is 5.32 Å². The van der Waals surface area contributed by atoms with Crippen molar-refractivity contribution in [3.63, 3.8) is 0 Å². The molecule has 1 atom stereocenters. The van der Waals surface area contributed by atoms with Crippen molar-refractivity contribution >= 4 is 21.5 Å². The van der Waals surface area contributed by atoms with Crippen LogP contribution in [0.25, 0.3) is 0 Å². The van der Waals surface area contributed by atoms with Crippen LogP contribution in [-0.4, -0.2) is 44.1 Å². The molecule has 2 heterocycles. The first-order valence-corrected chi connectivity index (χ1v) is 12.7. The number of nitrogens with one attached hydrogen (secondary N) is 1. The van der Waals surface area contributed by atoms with Gasteiger partial charge >= 0.3 is 12.4 Å². The van der Waals surface area contributed by atoms with Gasteiger partial charge in [-0.1, -0.05) is 13.0 Å². The van der Waals surface area contributed by atoms with Crippen molar-refractivity contribution in [3.05, 3.63) is 69.8 Å². The predicted octanol–water partition coefficient (Wildman–Crippen LogP) is 4.71. The van der Waals surface area contributed by atoms with E-state index in [4.69, 9.17) is 0 Å². The molecule has 0 saturated carbocycles. The van der Waals surface area contributed by atoms with Crippen LogP contribution in [0.15, 0.2) is 41.4 Å². The van der Waals surface area contributed by atoms with Gasteiger partial charge in [-0.25, -0.2) is 8.42 Å². The molecule has 1 fully saturated rings. The normalized spacial score (nSPS) is 22.2. The van der Waals surface area contributed by atoms with Crippen LogP contribution in [-0.2, 0) is 27.6 Å². The Bertz CT molecular complexity index is 1320. The third-order valence-corrected chi connectivity index (χ3v) is 8.33. The highest BCUT2D eigenvalue weighted by atomic mass is 32.2. The number of rotatable bonds is 4. The highest BCUT2D eigenvalue weighted by Gasteiger charge is 2.41. The van der Waals surface area contributed by atoms with Crippen LogP contribution >= 0.6 is 0 Å². The first-order valence-electron chi connectivity index (χ1n) is 10.9. The monoisotopic (exact) mass is 532 g/mol. The van der Waals surface area contributed by atoms with Crippen molar-refractivity contribution < 1.29 is 39.6 Å². The summed E-state index contributed by atoms with van der Waals surface area (Å²) in [5.74, 6) is -0.658. The number of aliphatic imine (C=N–C) groups is 1. The molecule has 0 aliphatic carbocycles. The van der Waals surface area contributed by atoms with Gasteiger partial charge in [0.2, 0.25) is 0 Å². The smallest absolute Gasteiger partial charge is 0.347 e. The SMILES string of the molecule is Cc1cc(C2=NCC(C)(c3cc(C(F)(F)F)cc(C(F)(F)F)c3)C2)ccc1C(=O)NC1CS(=O)(=O)C1. The van der Waals surface area contributed by atoms with Gasteiger partial charge in [-0.2, -0.15) is 26.3 Å². The largest absolute Gasteiger partial charge is 0.416 e. The maximum Gasteiger partial charge on any atom is 0.416 e. The highest BCUT2D eigenvalue weighted by Crippen LogP contribution is 2.42. The van der Waals surface area contributed by atoms with E-state index in [9.17, 15) is 39.6 Å². The number of carbonyl (C=O) groups excluding carboxylic acids is 1. The zero-order valence-corrected chi connectivity index (χ0v) is 20.0. The summed E-state index contributed by atoms with van der Waals surface area (Å²) in [6.45, 7) is 3.24. The Balaban J connectivity index is 1.55. The van der Waals surface area contributed by atoms with Crippen LogP contribution in [0.3, 0.4) is 0 Å². The lowest BCUT2D eigenvalue weighted by atomic mass is 9.78. The molecule has 2 aromatic rings. The number of amides is 1. The highest BCUT2D eigenvalue weighted by molar-refractivity contribution is 7.92. The van der Waals surface area contributed by atoms with Crippen molar-refractivity contribution in [2.75, 3.05) is 18.1 Å². The standard InChI is InChI=1S/C24H22F6N2O3S/c1-13-5-14(3-4-19(13)21(33)32-18-10-36(34,35)11-18)20-9-22(2,12-31-20)15-6-16(23(25,26)27)8-17(7-15)24(28,29)30/h3-8,18H,9-12H2,1-2H3,(H,32,33). The Morgan fingerprint density at radius 3 is 2.08 bits per heavy atom. The third kappa shape index (κ3) is 5.28. The topological polar surface area (TPSA) is 75.6 Å². The number of sulfone groups is 1. The molecular formula is C24H22F6N2O3S. The summed E-state index contributed by atoms with van der Waals surface area (Å²) in [7, 11) is -3.10. The molecule has 1 N–H and O–H groups in total. The summed E-state index contributed by atoms with van der Waals surface area (Å²) in [6.07, 6.45) is -9.77. The number of hydrogen-bond donors (Lipinski definition) is 1. The molecule has 12 heteroatoms. The van der Waals surface area contributed by atoms with Crippen molar-refractivity contribution in [3.8, 4) is 0 Å². The van der Waals surface area contributed by atoms with Gasteiger partial charge in [0.15, 0.2) is 9.84 Å². The Hall–Kier alpha value is -2.89. The average molecular weight is 533 g/mol. The molecule has 2 aliphatic heterocycles. The van der Waals surface area contributed by atoms with E-state index in [2.05, 4.69) is 10.3 Å². The quantitative estimate of drug-likeness (QED) is 0.580. The molecule has 1 unspecified atom stereocenters. The second kappa shape index (κ2) is 8.60. The summed E-state index contributed by atoms with van der Waals surface area (Å²) in [4.78, 5) is 16.9. The minimum Gasteiger partial charge on any atom is -0.347 e. The van der Waals surface area contributed by atoms with Crippen molar-refractivity contribution in [2.24, 2.45) is 4.99 Å². The molecular weight excluding hydrogens is 510 g/mol. The van der Waals surface area contributed by atoms with Crippen molar-refractivity contribution in [2.45, 2.75) is 44.1 Å². The lowest BCUT2D eigenvalue weighted by Crippen LogP contribution is -2.53. The number of aryl methyl sites for hydroxylation is 1. The molecule has 36 heavy (non-hydrogen) atoms. The van der Waals surface area contributed by atoms with Gasteiger partial charge in [-0.3, -0.25) is 9.79 Å². The van der Waals surface area contributed by atoms with E-state index in [0.717, 1.165) is 12.1 Å². The Morgan fingerprint density at radius 2 is 1.58 bits per heavy atom. The fraction of sp³-hybridized carbons (Fsp3) is 0.417. The van der Waals surface area contributed by atoms with Crippen LogP contribution in [0.4, 0.5) is 26.3 Å². The van der Waals surface area contributed by atoms with Gasteiger partial charge < -0.3 is 5.32 Å². The van der Waals surface area contributed by atoms with Gasteiger partial charge in [-0.15, -0.1) is 0 Å². The second-order valence-electron chi connectivity index (χ2n) is 9.57. The minimum absolute atomic E-state index is 0.00161. The Kier molecular flexibility index (Phi) is 6.26. The molecule has 2 aromatic carbocycles. The van der Waals surface area contributed by atoms with Crippen LogP contribution in [0, 0.1) is 6.92 Å². The summed E-state index contributed by atoms with van der Waals surface area (Å²) in [5, 5.41) is 2.66. The fourth-order valence-electron chi connectivity index (χ4n) is 4.45. The zero-order valence-electron chi connectivity index (χ0n) is 19.2. The predicted molar refractivity (Wildman–Crippen MR) is 121 cm³/mol. The third-order valence-electron chi connectivity index (χ3n) is 6.51. The summed E-state index contributed by atoms with van der Waals surface area (Å²) < 4.78 is 103. The molecule has 0 radical (unpaired) electrons. The summed E-state index contributed by atoms with van der Waals surface area (Å²) >= 11 is 0. The first-order chi connectivity index (χ1) is 16.5. The van der Waals surface area contributed by atoms with Crippen molar-refractivity contribution in [1.29, 1.82) is 0 Å². The van der Waals surface area contributed by atoms with E-state index in [0.29, 0.717) is 22.4 Å². The molecule has 194 valence electrons. The summed E-state index contributed by atoms with van der Waals surface area (Å²) in [5.41, 5.74) is -1.92. The Morgan fingerprint density at radius 1 is 1.00 bits per heavy atom. The number of hydrogen-bond acceptors (Lipinski definition) is 4. The van der Waals surface area contributed by atoms with E-state index in [-0.39, 0.29) is 36.1 Å². The van der Waals surface area contributed by atoms with Gasteiger partial charge in [-0.05, 0) is 53.9 Å². The average Bonchev–Trinajstić information content (AvgIpc) is 3.14. The number of halogens is 6. The maximum absolute atomic E-state index is 13.3. The number of alkyl halides is 6. The van der Waals surface area contributed by atoms with Crippen LogP contribution in [0.5, 0.6) is 0 Å². The first kappa shape index (κ1) is 26.2.